The van der Waals surface area contributed by atoms with Gasteiger partial charge in [0, 0.05) is 11.8 Å². The number of hydrogen-bond donors (Lipinski definition) is 4. The fourth-order valence-electron chi connectivity index (χ4n) is 1.76. The first-order valence-corrected chi connectivity index (χ1v) is 6.07. The number of para-hydroxylation sites is 1. The third kappa shape index (κ3) is 3.35. The van der Waals surface area contributed by atoms with Crippen molar-refractivity contribution in [1.29, 1.82) is 0 Å². The fraction of sp³-hybridized carbons (Fsp3) is 0.154. The molecule has 0 spiro atoms. The Kier molecular flexibility index (Phi) is 4.17. The molecular weight excluding hydrogens is 279 g/mol. The normalized spacial score (nSPS) is 11.7. The molecule has 8 heteroatoms. The molecule has 21 heavy (non-hydrogen) atoms. The first-order valence-electron chi connectivity index (χ1n) is 6.07. The quantitative estimate of drug-likeness (QED) is 0.692. The highest BCUT2D eigenvalue weighted by atomic mass is 19.1. The van der Waals surface area contributed by atoms with Gasteiger partial charge in [0.25, 0.3) is 0 Å². The first-order chi connectivity index (χ1) is 9.99. The van der Waals surface area contributed by atoms with E-state index in [1.54, 1.807) is 13.1 Å². The molecule has 2 rings (SSSR count). The van der Waals surface area contributed by atoms with Crippen LogP contribution >= 0.6 is 0 Å². The van der Waals surface area contributed by atoms with E-state index >= 15 is 0 Å². The summed E-state index contributed by atoms with van der Waals surface area (Å²) in [5, 5.41) is 20.1. The van der Waals surface area contributed by atoms with E-state index in [-0.39, 0.29) is 17.3 Å². The zero-order valence-electron chi connectivity index (χ0n) is 11.1. The topological polar surface area (TPSA) is 107 Å². The van der Waals surface area contributed by atoms with Crippen LogP contribution < -0.4 is 10.6 Å². The van der Waals surface area contributed by atoms with Crippen molar-refractivity contribution in [1.82, 2.24) is 15.5 Å². The van der Waals surface area contributed by atoms with Crippen LogP contribution in [0.5, 0.6) is 0 Å². The van der Waals surface area contributed by atoms with Gasteiger partial charge in [-0.25, -0.2) is 14.0 Å². The lowest BCUT2D eigenvalue weighted by Crippen LogP contribution is -2.32. The maximum Gasteiger partial charge on any atom is 0.337 e. The lowest BCUT2D eigenvalue weighted by molar-refractivity contribution is 0.0697. The number of nitrogens with zero attached hydrogens (tertiary/aromatic N) is 1. The maximum absolute atomic E-state index is 13.7. The Morgan fingerprint density at radius 3 is 2.81 bits per heavy atom. The van der Waals surface area contributed by atoms with Gasteiger partial charge < -0.3 is 15.7 Å². The highest BCUT2D eigenvalue weighted by Crippen LogP contribution is 2.20. The van der Waals surface area contributed by atoms with Crippen molar-refractivity contribution in [3.8, 4) is 0 Å². The first kappa shape index (κ1) is 14.5. The lowest BCUT2D eigenvalue weighted by atomic mass is 10.1. The van der Waals surface area contributed by atoms with Crippen molar-refractivity contribution in [2.75, 3.05) is 5.32 Å². The highest BCUT2D eigenvalue weighted by Gasteiger charge is 2.17. The predicted molar refractivity (Wildman–Crippen MR) is 72.5 cm³/mol. The third-order valence-electron chi connectivity index (χ3n) is 2.85. The van der Waals surface area contributed by atoms with Crippen LogP contribution in [0.15, 0.2) is 30.6 Å². The second kappa shape index (κ2) is 6.04. The van der Waals surface area contributed by atoms with E-state index < -0.39 is 17.8 Å². The molecule has 1 unspecified atom stereocenters. The van der Waals surface area contributed by atoms with Crippen LogP contribution in [-0.4, -0.2) is 27.3 Å². The number of hydrogen-bond acceptors (Lipinski definition) is 3. The molecule has 0 radical (unpaired) electrons. The standard InChI is InChI=1S/C13H13FN4O3/c1-7(8-5-15-16-6-8)17-13(21)18-11-9(12(19)20)3-2-4-10(11)14/h2-7H,1H3,(H,15,16)(H,19,20)(H2,17,18,21). The van der Waals surface area contributed by atoms with Crippen LogP contribution in [0.25, 0.3) is 0 Å². The van der Waals surface area contributed by atoms with Gasteiger partial charge in [0.2, 0.25) is 0 Å². The van der Waals surface area contributed by atoms with Crippen LogP contribution in [0.2, 0.25) is 0 Å². The lowest BCUT2D eigenvalue weighted by Gasteiger charge is -2.14. The molecule has 1 aromatic carbocycles. The van der Waals surface area contributed by atoms with E-state index in [1.807, 2.05) is 0 Å². The van der Waals surface area contributed by atoms with Crippen molar-refractivity contribution in [3.63, 3.8) is 0 Å². The van der Waals surface area contributed by atoms with Gasteiger partial charge in [0.15, 0.2) is 0 Å². The summed E-state index contributed by atoms with van der Waals surface area (Å²) in [7, 11) is 0. The molecule has 0 aliphatic rings. The number of benzene rings is 1. The zero-order valence-corrected chi connectivity index (χ0v) is 11.1. The molecule has 1 aromatic heterocycles. The van der Waals surface area contributed by atoms with Crippen LogP contribution in [0.3, 0.4) is 0 Å². The minimum Gasteiger partial charge on any atom is -0.478 e. The largest absolute Gasteiger partial charge is 0.478 e. The summed E-state index contributed by atoms with van der Waals surface area (Å²) in [4.78, 5) is 22.8. The summed E-state index contributed by atoms with van der Waals surface area (Å²) in [5.74, 6) is -2.14. The van der Waals surface area contributed by atoms with E-state index in [4.69, 9.17) is 5.11 Å². The Balaban J connectivity index is 2.11. The molecule has 0 saturated carbocycles. The summed E-state index contributed by atoms with van der Waals surface area (Å²) < 4.78 is 13.7. The summed E-state index contributed by atoms with van der Waals surface area (Å²) >= 11 is 0. The molecule has 0 fully saturated rings. The van der Waals surface area contributed by atoms with Gasteiger partial charge in [-0.2, -0.15) is 5.10 Å². The van der Waals surface area contributed by atoms with E-state index in [9.17, 15) is 14.0 Å². The van der Waals surface area contributed by atoms with Gasteiger partial charge >= 0.3 is 12.0 Å². The van der Waals surface area contributed by atoms with Crippen LogP contribution in [-0.2, 0) is 0 Å². The molecule has 4 N–H and O–H groups in total. The third-order valence-corrected chi connectivity index (χ3v) is 2.85. The number of aromatic nitrogens is 2. The minimum absolute atomic E-state index is 0.318. The molecule has 7 nitrogen and oxygen atoms in total. The van der Waals surface area contributed by atoms with Crippen molar-refractivity contribution in [2.24, 2.45) is 0 Å². The van der Waals surface area contributed by atoms with Crippen LogP contribution in [0.4, 0.5) is 14.9 Å². The van der Waals surface area contributed by atoms with Gasteiger partial charge in [0.1, 0.15) is 5.82 Å². The summed E-state index contributed by atoms with van der Waals surface area (Å²) in [5.41, 5.74) is 0.0418. The second-order valence-corrected chi connectivity index (χ2v) is 4.32. The summed E-state index contributed by atoms with van der Waals surface area (Å²) in [6, 6.07) is 2.46. The molecule has 1 atom stereocenters. The van der Waals surface area contributed by atoms with Gasteiger partial charge in [-0.1, -0.05) is 6.07 Å². The van der Waals surface area contributed by atoms with Gasteiger partial charge in [-0.15, -0.1) is 0 Å². The van der Waals surface area contributed by atoms with E-state index in [0.717, 1.165) is 11.6 Å². The maximum atomic E-state index is 13.7. The summed E-state index contributed by atoms with van der Waals surface area (Å²) in [6.07, 6.45) is 3.15. The number of aromatic amines is 1. The highest BCUT2D eigenvalue weighted by molar-refractivity contribution is 6.00. The van der Waals surface area contributed by atoms with E-state index in [2.05, 4.69) is 20.8 Å². The number of carboxylic acids is 1. The number of amides is 2. The van der Waals surface area contributed by atoms with Crippen molar-refractivity contribution >= 4 is 17.7 Å². The predicted octanol–water partition coefficient (Wildman–Crippen LogP) is 2.13. The van der Waals surface area contributed by atoms with E-state index in [0.29, 0.717) is 0 Å². The molecular formula is C13H13FN4O3. The molecule has 2 aromatic rings. The number of aromatic carboxylic acids is 1. The van der Waals surface area contributed by atoms with Crippen molar-refractivity contribution < 1.29 is 19.1 Å². The number of rotatable bonds is 4. The second-order valence-electron chi connectivity index (χ2n) is 4.32. The summed E-state index contributed by atoms with van der Waals surface area (Å²) in [6.45, 7) is 1.71. The molecule has 0 bridgehead atoms. The Morgan fingerprint density at radius 2 is 2.19 bits per heavy atom. The average Bonchev–Trinajstić information content (AvgIpc) is 2.94. The average molecular weight is 292 g/mol. The van der Waals surface area contributed by atoms with Crippen molar-refractivity contribution in [2.45, 2.75) is 13.0 Å². The van der Waals surface area contributed by atoms with Crippen LogP contribution in [0.1, 0.15) is 28.9 Å². The number of nitrogens with one attached hydrogen (secondary N) is 3. The number of carbonyl (C=O) groups is 2. The molecule has 0 saturated heterocycles. The molecule has 1 heterocycles. The number of halogens is 1. The Morgan fingerprint density at radius 1 is 1.43 bits per heavy atom. The smallest absolute Gasteiger partial charge is 0.337 e. The van der Waals surface area contributed by atoms with Gasteiger partial charge in [0.05, 0.1) is 23.5 Å². The van der Waals surface area contributed by atoms with Crippen LogP contribution in [0, 0.1) is 5.82 Å². The fourth-order valence-corrected chi connectivity index (χ4v) is 1.76. The molecule has 0 aliphatic carbocycles. The van der Waals surface area contributed by atoms with E-state index in [1.165, 1.54) is 18.3 Å². The SMILES string of the molecule is CC(NC(=O)Nc1c(F)cccc1C(=O)O)c1cn[nH]c1. The molecule has 0 aliphatic heterocycles. The van der Waals surface area contributed by atoms with Crippen molar-refractivity contribution in [3.05, 3.63) is 47.5 Å². The van der Waals surface area contributed by atoms with Gasteiger partial charge in [-0.3, -0.25) is 5.10 Å². The Hall–Kier alpha value is -2.90. The number of carboxylic acid groups (broad SMARTS) is 1. The zero-order chi connectivity index (χ0) is 15.4. The monoisotopic (exact) mass is 292 g/mol. The number of anilines is 1. The number of carbonyl (C=O) groups excluding carboxylic acids is 1. The number of H-pyrrole nitrogens is 1. The van der Waals surface area contributed by atoms with Gasteiger partial charge in [-0.05, 0) is 19.1 Å². The Labute approximate surface area is 119 Å². The molecule has 2 amide bonds. The minimum atomic E-state index is -1.33. The number of urea groups is 1. The Bertz CT molecular complexity index is 657. The molecule has 110 valence electrons.